The van der Waals surface area contributed by atoms with Gasteiger partial charge in [0.15, 0.2) is 5.17 Å². The highest BCUT2D eigenvalue weighted by atomic mass is 32.2. The monoisotopic (exact) mass is 240 g/mol. The van der Waals surface area contributed by atoms with Gasteiger partial charge in [0.05, 0.1) is 6.54 Å². The molecule has 2 nitrogen and oxygen atoms in total. The second kappa shape index (κ2) is 5.03. The zero-order valence-electron chi connectivity index (χ0n) is 9.06. The van der Waals surface area contributed by atoms with Gasteiger partial charge >= 0.3 is 0 Å². The molecule has 1 aliphatic heterocycles. The summed E-state index contributed by atoms with van der Waals surface area (Å²) in [6, 6.07) is 2.69. The number of rotatable bonds is 2. The van der Waals surface area contributed by atoms with E-state index >= 15 is 0 Å². The van der Waals surface area contributed by atoms with Crippen LogP contribution < -0.4 is 5.32 Å². The lowest BCUT2D eigenvalue weighted by molar-refractivity contribution is 0.597. The molecule has 0 amide bonds. The lowest BCUT2D eigenvalue weighted by atomic mass is 10.2. The van der Waals surface area contributed by atoms with Crippen molar-refractivity contribution in [3.63, 3.8) is 0 Å². The molecule has 2 rings (SSSR count). The van der Waals surface area contributed by atoms with Crippen LogP contribution >= 0.6 is 23.1 Å². The largest absolute Gasteiger partial charge is 0.362 e. The van der Waals surface area contributed by atoms with Gasteiger partial charge in [-0.2, -0.15) is 11.3 Å². The van der Waals surface area contributed by atoms with Crippen molar-refractivity contribution in [2.24, 2.45) is 4.99 Å². The van der Waals surface area contributed by atoms with Crippen LogP contribution in [-0.2, 0) is 6.54 Å². The molecule has 1 aromatic heterocycles. The first-order valence-corrected chi connectivity index (χ1v) is 7.05. The molecule has 2 heterocycles. The van der Waals surface area contributed by atoms with Crippen molar-refractivity contribution in [1.82, 2.24) is 5.32 Å². The van der Waals surface area contributed by atoms with Crippen molar-refractivity contribution in [3.8, 4) is 0 Å². The second-order valence-corrected chi connectivity index (χ2v) is 6.17. The molecule has 0 saturated carbocycles. The SMILES string of the molecule is CC1CC(C)SC(=NCc2ccsc2)N1. The fourth-order valence-electron chi connectivity index (χ4n) is 1.67. The van der Waals surface area contributed by atoms with Crippen LogP contribution in [-0.4, -0.2) is 16.5 Å². The van der Waals surface area contributed by atoms with Gasteiger partial charge in [0.1, 0.15) is 0 Å². The van der Waals surface area contributed by atoms with Crippen LogP contribution in [0.4, 0.5) is 0 Å². The van der Waals surface area contributed by atoms with Crippen LogP contribution in [0.3, 0.4) is 0 Å². The number of hydrogen-bond donors (Lipinski definition) is 1. The van der Waals surface area contributed by atoms with E-state index < -0.39 is 0 Å². The van der Waals surface area contributed by atoms with Gasteiger partial charge < -0.3 is 5.32 Å². The summed E-state index contributed by atoms with van der Waals surface area (Å²) in [6.07, 6.45) is 1.22. The highest BCUT2D eigenvalue weighted by molar-refractivity contribution is 8.14. The van der Waals surface area contributed by atoms with E-state index in [1.807, 2.05) is 11.8 Å². The minimum absolute atomic E-state index is 0.558. The van der Waals surface area contributed by atoms with Crippen molar-refractivity contribution in [2.45, 2.75) is 38.1 Å². The topological polar surface area (TPSA) is 24.4 Å². The summed E-state index contributed by atoms with van der Waals surface area (Å²) in [5.41, 5.74) is 1.31. The van der Waals surface area contributed by atoms with E-state index in [1.54, 1.807) is 11.3 Å². The Bertz CT molecular complexity index is 320. The number of amidine groups is 1. The number of hydrogen-bond acceptors (Lipinski definition) is 3. The summed E-state index contributed by atoms with van der Waals surface area (Å²) >= 11 is 3.59. The zero-order chi connectivity index (χ0) is 10.7. The predicted molar refractivity (Wildman–Crippen MR) is 69.7 cm³/mol. The highest BCUT2D eigenvalue weighted by Crippen LogP contribution is 2.22. The third-order valence-corrected chi connectivity index (χ3v) is 4.15. The van der Waals surface area contributed by atoms with Gasteiger partial charge in [-0.25, -0.2) is 0 Å². The van der Waals surface area contributed by atoms with Crippen LogP contribution in [0.15, 0.2) is 21.8 Å². The fourth-order valence-corrected chi connectivity index (χ4v) is 3.50. The molecule has 0 aromatic carbocycles. The van der Waals surface area contributed by atoms with E-state index in [4.69, 9.17) is 0 Å². The third-order valence-electron chi connectivity index (χ3n) is 2.35. The maximum atomic E-state index is 4.60. The molecule has 1 saturated heterocycles. The van der Waals surface area contributed by atoms with Gasteiger partial charge in [0.25, 0.3) is 0 Å². The number of nitrogens with zero attached hydrogens (tertiary/aromatic N) is 1. The second-order valence-electron chi connectivity index (χ2n) is 3.96. The smallest absolute Gasteiger partial charge is 0.157 e. The summed E-state index contributed by atoms with van der Waals surface area (Å²) in [6.45, 7) is 5.29. The van der Waals surface area contributed by atoms with Crippen molar-refractivity contribution in [3.05, 3.63) is 22.4 Å². The van der Waals surface area contributed by atoms with E-state index in [0.29, 0.717) is 11.3 Å². The Hall–Kier alpha value is -0.480. The van der Waals surface area contributed by atoms with E-state index in [9.17, 15) is 0 Å². The maximum Gasteiger partial charge on any atom is 0.157 e. The van der Waals surface area contributed by atoms with Crippen LogP contribution in [0.5, 0.6) is 0 Å². The Morgan fingerprint density at radius 1 is 1.53 bits per heavy atom. The first kappa shape index (κ1) is 11.0. The minimum atomic E-state index is 0.558. The molecular weight excluding hydrogens is 224 g/mol. The minimum Gasteiger partial charge on any atom is -0.362 e. The molecule has 0 spiro atoms. The molecular formula is C11H16N2S2. The summed E-state index contributed by atoms with van der Waals surface area (Å²) in [4.78, 5) is 4.60. The molecule has 0 radical (unpaired) electrons. The number of thiophene rings is 1. The summed E-state index contributed by atoms with van der Waals surface area (Å²) < 4.78 is 0. The molecule has 4 heteroatoms. The van der Waals surface area contributed by atoms with E-state index in [2.05, 4.69) is 41.0 Å². The first-order chi connectivity index (χ1) is 7.24. The van der Waals surface area contributed by atoms with Crippen molar-refractivity contribution in [2.75, 3.05) is 0 Å². The molecule has 2 atom stereocenters. The zero-order valence-corrected chi connectivity index (χ0v) is 10.7. The van der Waals surface area contributed by atoms with Gasteiger partial charge in [-0.15, -0.1) is 0 Å². The normalized spacial score (nSPS) is 29.1. The number of thioether (sulfide) groups is 1. The average Bonchev–Trinajstić information content (AvgIpc) is 2.65. The number of nitrogens with one attached hydrogen (secondary N) is 1. The van der Waals surface area contributed by atoms with E-state index in [1.165, 1.54) is 12.0 Å². The van der Waals surface area contributed by atoms with Crippen LogP contribution in [0, 0.1) is 0 Å². The fraction of sp³-hybridized carbons (Fsp3) is 0.545. The number of aliphatic imine (C=N–C) groups is 1. The Balaban J connectivity index is 1.94. The van der Waals surface area contributed by atoms with Crippen LogP contribution in [0.1, 0.15) is 25.8 Å². The molecule has 82 valence electrons. The average molecular weight is 240 g/mol. The quantitative estimate of drug-likeness (QED) is 0.859. The first-order valence-electron chi connectivity index (χ1n) is 5.23. The van der Waals surface area contributed by atoms with Crippen molar-refractivity contribution >= 4 is 28.3 Å². The van der Waals surface area contributed by atoms with Gasteiger partial charge in [0, 0.05) is 11.3 Å². The lowest BCUT2D eigenvalue weighted by Crippen LogP contribution is -2.38. The molecule has 15 heavy (non-hydrogen) atoms. The standard InChI is InChI=1S/C11H16N2S2/c1-8-5-9(2)15-11(13-8)12-6-10-3-4-14-7-10/h3-4,7-9H,5-6H2,1-2H3,(H,12,13). The summed E-state index contributed by atoms with van der Waals surface area (Å²) in [5, 5.41) is 9.47. The van der Waals surface area contributed by atoms with E-state index in [0.717, 1.165) is 11.7 Å². The van der Waals surface area contributed by atoms with E-state index in [-0.39, 0.29) is 0 Å². The van der Waals surface area contributed by atoms with Crippen molar-refractivity contribution < 1.29 is 0 Å². The molecule has 0 aliphatic carbocycles. The Morgan fingerprint density at radius 2 is 2.40 bits per heavy atom. The highest BCUT2D eigenvalue weighted by Gasteiger charge is 2.19. The van der Waals surface area contributed by atoms with Gasteiger partial charge in [-0.1, -0.05) is 18.7 Å². The predicted octanol–water partition coefficient (Wildman–Crippen LogP) is 3.11. The van der Waals surface area contributed by atoms with Crippen molar-refractivity contribution in [1.29, 1.82) is 0 Å². The summed E-state index contributed by atoms with van der Waals surface area (Å²) in [7, 11) is 0. The summed E-state index contributed by atoms with van der Waals surface area (Å²) in [5.74, 6) is 0. The van der Waals surface area contributed by atoms with Gasteiger partial charge in [0.2, 0.25) is 0 Å². The molecule has 1 aliphatic rings. The lowest BCUT2D eigenvalue weighted by Gasteiger charge is -2.26. The van der Waals surface area contributed by atoms with Gasteiger partial charge in [-0.3, -0.25) is 4.99 Å². The third kappa shape index (κ3) is 3.24. The Kier molecular flexibility index (Phi) is 3.70. The molecule has 1 aromatic rings. The maximum absolute atomic E-state index is 4.60. The molecule has 2 unspecified atom stereocenters. The Morgan fingerprint density at radius 3 is 3.07 bits per heavy atom. The molecule has 1 fully saturated rings. The van der Waals surface area contributed by atoms with Crippen LogP contribution in [0.2, 0.25) is 0 Å². The molecule has 1 N–H and O–H groups in total. The van der Waals surface area contributed by atoms with Crippen LogP contribution in [0.25, 0.3) is 0 Å². The Labute approximate surface area is 99.2 Å². The van der Waals surface area contributed by atoms with Gasteiger partial charge in [-0.05, 0) is 35.7 Å². The molecule has 0 bridgehead atoms.